The van der Waals surface area contributed by atoms with E-state index >= 15 is 0 Å². The van der Waals surface area contributed by atoms with Crippen LogP contribution in [0.4, 0.5) is 5.69 Å². The van der Waals surface area contributed by atoms with Crippen LogP contribution in [0.3, 0.4) is 0 Å². The molecule has 2 rings (SSSR count). The highest BCUT2D eigenvalue weighted by molar-refractivity contribution is 6.39. The first-order valence-corrected chi connectivity index (χ1v) is 6.83. The highest BCUT2D eigenvalue weighted by Crippen LogP contribution is 2.19. The Balaban J connectivity index is 1.90. The van der Waals surface area contributed by atoms with Crippen LogP contribution in [0.25, 0.3) is 0 Å². The van der Waals surface area contributed by atoms with Crippen LogP contribution in [-0.4, -0.2) is 11.8 Å². The number of hydrogen-bond acceptors (Lipinski definition) is 2. The van der Waals surface area contributed by atoms with E-state index in [4.69, 9.17) is 11.6 Å². The maximum absolute atomic E-state index is 11.8. The predicted molar refractivity (Wildman–Crippen MR) is 83.1 cm³/mol. The highest BCUT2D eigenvalue weighted by atomic mass is 35.5. The molecule has 108 valence electrons. The molecular formula is C16H15ClN2O2. The summed E-state index contributed by atoms with van der Waals surface area (Å²) in [7, 11) is 0. The summed E-state index contributed by atoms with van der Waals surface area (Å²) in [6.07, 6.45) is 0. The molecule has 0 aliphatic rings. The Labute approximate surface area is 128 Å². The Kier molecular flexibility index (Phi) is 4.95. The minimum atomic E-state index is -0.717. The van der Waals surface area contributed by atoms with E-state index in [0.717, 1.165) is 11.1 Å². The van der Waals surface area contributed by atoms with Crippen molar-refractivity contribution in [2.75, 3.05) is 5.32 Å². The number of nitrogens with one attached hydrogen (secondary N) is 2. The van der Waals surface area contributed by atoms with Gasteiger partial charge in [-0.1, -0.05) is 48.0 Å². The Bertz CT molecular complexity index is 657. The number of amides is 2. The summed E-state index contributed by atoms with van der Waals surface area (Å²) < 4.78 is 0. The largest absolute Gasteiger partial charge is 0.344 e. The van der Waals surface area contributed by atoms with Crippen LogP contribution in [-0.2, 0) is 16.1 Å². The first-order chi connectivity index (χ1) is 10.1. The first-order valence-electron chi connectivity index (χ1n) is 6.45. The molecule has 0 saturated carbocycles. The van der Waals surface area contributed by atoms with E-state index < -0.39 is 11.8 Å². The van der Waals surface area contributed by atoms with Crippen LogP contribution in [0.5, 0.6) is 0 Å². The van der Waals surface area contributed by atoms with E-state index in [1.54, 1.807) is 18.2 Å². The number of benzene rings is 2. The quantitative estimate of drug-likeness (QED) is 0.857. The van der Waals surface area contributed by atoms with Crippen LogP contribution >= 0.6 is 11.6 Å². The molecule has 2 amide bonds. The SMILES string of the molecule is Cc1ccc(NC(=O)C(=O)NCc2ccccc2)cc1Cl. The zero-order valence-corrected chi connectivity index (χ0v) is 12.3. The topological polar surface area (TPSA) is 58.2 Å². The average molecular weight is 303 g/mol. The Hall–Kier alpha value is -2.33. The molecule has 4 nitrogen and oxygen atoms in total. The van der Waals surface area contributed by atoms with E-state index in [-0.39, 0.29) is 0 Å². The first kappa shape index (κ1) is 15.1. The Morgan fingerprint density at radius 1 is 1.05 bits per heavy atom. The average Bonchev–Trinajstić information content (AvgIpc) is 2.49. The maximum atomic E-state index is 11.8. The number of rotatable bonds is 3. The minimum Gasteiger partial charge on any atom is -0.344 e. The molecule has 2 aromatic carbocycles. The highest BCUT2D eigenvalue weighted by Gasteiger charge is 2.13. The summed E-state index contributed by atoms with van der Waals surface area (Å²) in [6, 6.07) is 14.5. The molecule has 0 unspecified atom stereocenters. The van der Waals surface area contributed by atoms with Crippen molar-refractivity contribution in [2.45, 2.75) is 13.5 Å². The van der Waals surface area contributed by atoms with Gasteiger partial charge in [-0.05, 0) is 30.2 Å². The third kappa shape index (κ3) is 4.33. The van der Waals surface area contributed by atoms with Crippen LogP contribution in [0.15, 0.2) is 48.5 Å². The molecule has 0 aliphatic heterocycles. The fraction of sp³-hybridized carbons (Fsp3) is 0.125. The fourth-order valence-corrected chi connectivity index (χ4v) is 1.90. The van der Waals surface area contributed by atoms with Gasteiger partial charge in [0.1, 0.15) is 0 Å². The summed E-state index contributed by atoms with van der Waals surface area (Å²) in [4.78, 5) is 23.5. The van der Waals surface area contributed by atoms with Gasteiger partial charge in [-0.2, -0.15) is 0 Å². The summed E-state index contributed by atoms with van der Waals surface area (Å²) >= 11 is 5.97. The van der Waals surface area contributed by atoms with E-state index in [2.05, 4.69) is 10.6 Å². The number of hydrogen-bond donors (Lipinski definition) is 2. The van der Waals surface area contributed by atoms with Crippen molar-refractivity contribution in [3.63, 3.8) is 0 Å². The lowest BCUT2D eigenvalue weighted by Crippen LogP contribution is -2.34. The molecule has 0 saturated heterocycles. The van der Waals surface area contributed by atoms with Gasteiger partial charge in [-0.15, -0.1) is 0 Å². The lowest BCUT2D eigenvalue weighted by atomic mass is 10.2. The number of carbonyl (C=O) groups excluding carboxylic acids is 2. The van der Waals surface area contributed by atoms with E-state index in [1.165, 1.54) is 0 Å². The summed E-state index contributed by atoms with van der Waals surface area (Å²) in [5.41, 5.74) is 2.32. The van der Waals surface area contributed by atoms with Crippen LogP contribution in [0, 0.1) is 6.92 Å². The van der Waals surface area contributed by atoms with Crippen molar-refractivity contribution in [2.24, 2.45) is 0 Å². The summed E-state index contributed by atoms with van der Waals surface area (Å²) in [5, 5.41) is 5.61. The molecule has 0 atom stereocenters. The maximum Gasteiger partial charge on any atom is 0.313 e. The molecule has 0 aliphatic carbocycles. The Morgan fingerprint density at radius 2 is 1.76 bits per heavy atom. The lowest BCUT2D eigenvalue weighted by molar-refractivity contribution is -0.136. The smallest absolute Gasteiger partial charge is 0.313 e. The third-order valence-electron chi connectivity index (χ3n) is 2.93. The van der Waals surface area contributed by atoms with Crippen LogP contribution < -0.4 is 10.6 Å². The second-order valence-corrected chi connectivity index (χ2v) is 4.99. The Morgan fingerprint density at radius 3 is 2.43 bits per heavy atom. The van der Waals surface area contributed by atoms with Gasteiger partial charge in [0.25, 0.3) is 0 Å². The van der Waals surface area contributed by atoms with Gasteiger partial charge in [-0.25, -0.2) is 0 Å². The van der Waals surface area contributed by atoms with Crippen molar-refractivity contribution < 1.29 is 9.59 Å². The molecule has 2 N–H and O–H groups in total. The molecule has 21 heavy (non-hydrogen) atoms. The lowest BCUT2D eigenvalue weighted by Gasteiger charge is -2.07. The van der Waals surface area contributed by atoms with Gasteiger partial charge in [0.15, 0.2) is 0 Å². The third-order valence-corrected chi connectivity index (χ3v) is 3.34. The second kappa shape index (κ2) is 6.90. The van der Waals surface area contributed by atoms with Gasteiger partial charge in [0.2, 0.25) is 0 Å². The molecule has 0 bridgehead atoms. The van der Waals surface area contributed by atoms with Crippen molar-refractivity contribution >= 4 is 29.1 Å². The standard InChI is InChI=1S/C16H15ClN2O2/c1-11-7-8-13(9-14(11)17)19-16(21)15(20)18-10-12-5-3-2-4-6-12/h2-9H,10H2,1H3,(H,18,20)(H,19,21). The second-order valence-electron chi connectivity index (χ2n) is 4.59. The molecule has 0 spiro atoms. The molecule has 0 fully saturated rings. The summed E-state index contributed by atoms with van der Waals surface area (Å²) in [5.74, 6) is -1.40. The predicted octanol–water partition coefficient (Wildman–Crippen LogP) is 2.90. The van der Waals surface area contributed by atoms with Gasteiger partial charge < -0.3 is 10.6 Å². The molecule has 0 aromatic heterocycles. The number of carbonyl (C=O) groups is 2. The van der Waals surface area contributed by atoms with E-state index in [1.807, 2.05) is 37.3 Å². The molecule has 2 aromatic rings. The van der Waals surface area contributed by atoms with Crippen LogP contribution in [0.2, 0.25) is 5.02 Å². The van der Waals surface area contributed by atoms with Gasteiger partial charge in [0.05, 0.1) is 0 Å². The van der Waals surface area contributed by atoms with E-state index in [0.29, 0.717) is 17.3 Å². The van der Waals surface area contributed by atoms with E-state index in [9.17, 15) is 9.59 Å². The number of halogens is 1. The molecule has 5 heteroatoms. The van der Waals surface area contributed by atoms with Crippen LogP contribution in [0.1, 0.15) is 11.1 Å². The van der Waals surface area contributed by atoms with Gasteiger partial charge in [-0.3, -0.25) is 9.59 Å². The molecule has 0 radical (unpaired) electrons. The van der Waals surface area contributed by atoms with Crippen molar-refractivity contribution in [3.05, 3.63) is 64.7 Å². The zero-order chi connectivity index (χ0) is 15.2. The van der Waals surface area contributed by atoms with Crippen molar-refractivity contribution in [3.8, 4) is 0 Å². The zero-order valence-electron chi connectivity index (χ0n) is 11.5. The molecular weight excluding hydrogens is 288 g/mol. The summed E-state index contributed by atoms with van der Waals surface area (Å²) in [6.45, 7) is 2.17. The normalized spacial score (nSPS) is 10.0. The minimum absolute atomic E-state index is 0.307. The fourth-order valence-electron chi connectivity index (χ4n) is 1.72. The number of aryl methyl sites for hydroxylation is 1. The molecule has 0 heterocycles. The monoisotopic (exact) mass is 302 g/mol. The van der Waals surface area contributed by atoms with Gasteiger partial charge in [0, 0.05) is 17.3 Å². The van der Waals surface area contributed by atoms with Crippen molar-refractivity contribution in [1.29, 1.82) is 0 Å². The van der Waals surface area contributed by atoms with Crippen molar-refractivity contribution in [1.82, 2.24) is 5.32 Å². The van der Waals surface area contributed by atoms with Gasteiger partial charge >= 0.3 is 11.8 Å². The number of anilines is 1.